The van der Waals surface area contributed by atoms with E-state index in [0.717, 1.165) is 24.8 Å². The summed E-state index contributed by atoms with van der Waals surface area (Å²) in [7, 11) is 1.73. The van der Waals surface area contributed by atoms with Gasteiger partial charge in [0.15, 0.2) is 0 Å². The number of halogens is 1. The maximum absolute atomic E-state index is 12.1. The molecule has 4 nitrogen and oxygen atoms in total. The number of rotatable bonds is 2. The average Bonchev–Trinajstić information content (AvgIpc) is 2.80. The second kappa shape index (κ2) is 5.04. The molecule has 1 aliphatic carbocycles. The first kappa shape index (κ1) is 13.9. The molecule has 1 amide bonds. The molecule has 2 unspecified atom stereocenters. The van der Waals surface area contributed by atoms with Crippen molar-refractivity contribution in [1.82, 2.24) is 4.90 Å². The van der Waals surface area contributed by atoms with Crippen LogP contribution in [0.25, 0.3) is 0 Å². The first-order valence-electron chi connectivity index (χ1n) is 6.77. The van der Waals surface area contributed by atoms with Gasteiger partial charge < -0.3 is 4.90 Å². The molecule has 2 aliphatic rings. The van der Waals surface area contributed by atoms with Crippen LogP contribution in [0, 0.1) is 0 Å². The molecule has 108 valence electrons. The Labute approximate surface area is 123 Å². The Bertz CT molecular complexity index is 644. The Morgan fingerprint density at radius 2 is 2.00 bits per heavy atom. The van der Waals surface area contributed by atoms with Crippen LogP contribution in [-0.4, -0.2) is 31.0 Å². The van der Waals surface area contributed by atoms with Crippen LogP contribution in [0.15, 0.2) is 24.3 Å². The minimum Gasteiger partial charge on any atom is -0.334 e. The van der Waals surface area contributed by atoms with Crippen LogP contribution < -0.4 is 0 Å². The number of nitrogens with zero attached hydrogens (tertiary/aromatic N) is 1. The molecule has 2 atom stereocenters. The molecule has 1 aliphatic heterocycles. The monoisotopic (exact) mass is 313 g/mol. The van der Waals surface area contributed by atoms with E-state index in [2.05, 4.69) is 6.07 Å². The van der Waals surface area contributed by atoms with Gasteiger partial charge in [0, 0.05) is 23.6 Å². The van der Waals surface area contributed by atoms with E-state index in [4.69, 9.17) is 10.7 Å². The smallest absolute Gasteiger partial charge is 0.237 e. The lowest BCUT2D eigenvalue weighted by atomic mass is 9.87. The van der Waals surface area contributed by atoms with Crippen LogP contribution in [0.3, 0.4) is 0 Å². The minimum absolute atomic E-state index is 0.00383. The van der Waals surface area contributed by atoms with Gasteiger partial charge in [0.2, 0.25) is 15.0 Å². The highest BCUT2D eigenvalue weighted by Gasteiger charge is 2.41. The molecule has 0 spiro atoms. The maximum atomic E-state index is 12.1. The summed E-state index contributed by atoms with van der Waals surface area (Å²) < 4.78 is 22.9. The standard InChI is InChI=1S/C14H16ClNO3S/c15-20(18,19)11-8-14(17)16(9-11)13-7-3-5-10-4-1-2-6-12(10)13/h1-2,4,6,11,13H,3,5,7-9H2. The third-order valence-electron chi connectivity index (χ3n) is 4.24. The van der Waals surface area contributed by atoms with E-state index in [1.54, 1.807) is 4.90 Å². The zero-order valence-electron chi connectivity index (χ0n) is 11.0. The normalized spacial score (nSPS) is 26.6. The predicted octanol–water partition coefficient (Wildman–Crippen LogP) is 2.23. The first-order chi connectivity index (χ1) is 9.47. The summed E-state index contributed by atoms with van der Waals surface area (Å²) in [4.78, 5) is 13.8. The fourth-order valence-electron chi connectivity index (χ4n) is 3.24. The third-order valence-corrected chi connectivity index (χ3v) is 6.10. The Morgan fingerprint density at radius 1 is 1.25 bits per heavy atom. The molecule has 0 N–H and O–H groups in total. The van der Waals surface area contributed by atoms with Gasteiger partial charge in [0.25, 0.3) is 0 Å². The molecule has 1 heterocycles. The summed E-state index contributed by atoms with van der Waals surface area (Å²) in [5.74, 6) is -0.110. The summed E-state index contributed by atoms with van der Waals surface area (Å²) in [5, 5.41) is -0.772. The number of likely N-dealkylation sites (tertiary alicyclic amines) is 1. The molecule has 1 aromatic rings. The van der Waals surface area contributed by atoms with Crippen molar-refractivity contribution in [2.24, 2.45) is 0 Å². The van der Waals surface area contributed by atoms with Crippen molar-refractivity contribution < 1.29 is 13.2 Å². The molecule has 0 saturated carbocycles. The Kier molecular flexibility index (Phi) is 3.50. The van der Waals surface area contributed by atoms with Crippen molar-refractivity contribution in [3.05, 3.63) is 35.4 Å². The number of benzene rings is 1. The molecule has 0 radical (unpaired) electrons. The van der Waals surface area contributed by atoms with Crippen molar-refractivity contribution >= 4 is 25.6 Å². The fraction of sp³-hybridized carbons (Fsp3) is 0.500. The number of aryl methyl sites for hydroxylation is 1. The maximum Gasteiger partial charge on any atom is 0.237 e. The van der Waals surface area contributed by atoms with E-state index < -0.39 is 14.3 Å². The van der Waals surface area contributed by atoms with Crippen molar-refractivity contribution in [2.75, 3.05) is 6.54 Å². The highest BCUT2D eigenvalue weighted by atomic mass is 35.7. The van der Waals surface area contributed by atoms with Gasteiger partial charge in [-0.25, -0.2) is 8.42 Å². The molecule has 1 saturated heterocycles. The molecule has 20 heavy (non-hydrogen) atoms. The van der Waals surface area contributed by atoms with E-state index >= 15 is 0 Å². The minimum atomic E-state index is -3.67. The average molecular weight is 314 g/mol. The number of carbonyl (C=O) groups excluding carboxylic acids is 1. The lowest BCUT2D eigenvalue weighted by Gasteiger charge is -2.33. The van der Waals surface area contributed by atoms with E-state index in [-0.39, 0.29) is 24.9 Å². The van der Waals surface area contributed by atoms with E-state index in [9.17, 15) is 13.2 Å². The zero-order valence-corrected chi connectivity index (χ0v) is 12.5. The predicted molar refractivity (Wildman–Crippen MR) is 77.0 cm³/mol. The molecule has 0 aromatic heterocycles. The van der Waals surface area contributed by atoms with Crippen molar-refractivity contribution in [2.45, 2.75) is 37.0 Å². The largest absolute Gasteiger partial charge is 0.334 e. The van der Waals surface area contributed by atoms with Gasteiger partial charge >= 0.3 is 0 Å². The molecular formula is C14H16ClNO3S. The molecule has 1 fully saturated rings. The van der Waals surface area contributed by atoms with Gasteiger partial charge in [-0.15, -0.1) is 0 Å². The van der Waals surface area contributed by atoms with Crippen LogP contribution in [0.5, 0.6) is 0 Å². The fourth-order valence-corrected chi connectivity index (χ4v) is 4.28. The van der Waals surface area contributed by atoms with Gasteiger partial charge in [-0.2, -0.15) is 0 Å². The van der Waals surface area contributed by atoms with Gasteiger partial charge in [0.1, 0.15) is 5.25 Å². The topological polar surface area (TPSA) is 54.5 Å². The Balaban J connectivity index is 1.90. The summed E-state index contributed by atoms with van der Waals surface area (Å²) in [6.45, 7) is 0.212. The van der Waals surface area contributed by atoms with Gasteiger partial charge in [-0.1, -0.05) is 24.3 Å². The SMILES string of the molecule is O=C1CC(S(=O)(=O)Cl)CN1C1CCCc2ccccc21. The summed E-state index contributed by atoms with van der Waals surface area (Å²) in [5.41, 5.74) is 2.41. The lowest BCUT2D eigenvalue weighted by Crippen LogP contribution is -2.33. The molecule has 1 aromatic carbocycles. The number of hydrogen-bond acceptors (Lipinski definition) is 3. The number of fused-ring (bicyclic) bond motifs is 1. The quantitative estimate of drug-likeness (QED) is 0.787. The van der Waals surface area contributed by atoms with Crippen molar-refractivity contribution in [3.8, 4) is 0 Å². The summed E-state index contributed by atoms with van der Waals surface area (Å²) in [6.07, 6.45) is 2.93. The first-order valence-corrected chi connectivity index (χ1v) is 9.15. The van der Waals surface area contributed by atoms with Crippen LogP contribution in [0.4, 0.5) is 0 Å². The van der Waals surface area contributed by atoms with E-state index in [0.29, 0.717) is 0 Å². The van der Waals surface area contributed by atoms with Crippen molar-refractivity contribution in [3.63, 3.8) is 0 Å². The highest BCUT2D eigenvalue weighted by Crippen LogP contribution is 2.37. The third kappa shape index (κ3) is 2.44. The van der Waals surface area contributed by atoms with Gasteiger partial charge in [-0.3, -0.25) is 4.79 Å². The number of hydrogen-bond donors (Lipinski definition) is 0. The number of amides is 1. The van der Waals surface area contributed by atoms with E-state index in [1.165, 1.54) is 5.56 Å². The molecule has 3 rings (SSSR count). The Hall–Kier alpha value is -1.07. The summed E-state index contributed by atoms with van der Waals surface area (Å²) >= 11 is 0. The van der Waals surface area contributed by atoms with Crippen LogP contribution >= 0.6 is 10.7 Å². The van der Waals surface area contributed by atoms with Crippen molar-refractivity contribution in [1.29, 1.82) is 0 Å². The summed E-state index contributed by atoms with van der Waals surface area (Å²) in [6, 6.07) is 8.08. The van der Waals surface area contributed by atoms with E-state index in [1.807, 2.05) is 18.2 Å². The Morgan fingerprint density at radius 3 is 2.70 bits per heavy atom. The lowest BCUT2D eigenvalue weighted by molar-refractivity contribution is -0.130. The highest BCUT2D eigenvalue weighted by molar-refractivity contribution is 8.14. The van der Waals surface area contributed by atoms with Gasteiger partial charge in [0.05, 0.1) is 6.04 Å². The second-order valence-electron chi connectivity index (χ2n) is 5.45. The van der Waals surface area contributed by atoms with Crippen LogP contribution in [-0.2, 0) is 20.3 Å². The van der Waals surface area contributed by atoms with Crippen LogP contribution in [0.1, 0.15) is 36.4 Å². The number of carbonyl (C=O) groups is 1. The molecular weight excluding hydrogens is 298 g/mol. The van der Waals surface area contributed by atoms with Crippen LogP contribution in [0.2, 0.25) is 0 Å². The second-order valence-corrected chi connectivity index (χ2v) is 8.36. The molecule has 6 heteroatoms. The zero-order chi connectivity index (χ0) is 14.3. The van der Waals surface area contributed by atoms with Gasteiger partial charge in [-0.05, 0) is 30.4 Å². The molecule has 0 bridgehead atoms.